The second-order valence-corrected chi connectivity index (χ2v) is 5.91. The van der Waals surface area contributed by atoms with Gasteiger partial charge in [-0.3, -0.25) is 0 Å². The van der Waals surface area contributed by atoms with Gasteiger partial charge >= 0.3 is 5.97 Å². The highest BCUT2D eigenvalue weighted by Gasteiger charge is 2.23. The molecule has 1 fully saturated rings. The summed E-state index contributed by atoms with van der Waals surface area (Å²) in [6.45, 7) is 4.18. The van der Waals surface area contributed by atoms with E-state index in [-0.39, 0.29) is 0 Å². The molecule has 20 heavy (non-hydrogen) atoms. The number of carboxylic acid groups (broad SMARTS) is 1. The van der Waals surface area contributed by atoms with Crippen molar-refractivity contribution < 1.29 is 9.90 Å². The molecule has 0 bridgehead atoms. The molecule has 1 aliphatic carbocycles. The average molecular weight is 275 g/mol. The van der Waals surface area contributed by atoms with E-state index in [2.05, 4.69) is 12.2 Å². The van der Waals surface area contributed by atoms with Crippen LogP contribution in [0.3, 0.4) is 0 Å². The number of anilines is 1. The van der Waals surface area contributed by atoms with Crippen LogP contribution >= 0.6 is 0 Å². The number of benzene rings is 1. The maximum atomic E-state index is 11.3. The zero-order chi connectivity index (χ0) is 14.5. The van der Waals surface area contributed by atoms with Crippen molar-refractivity contribution in [3.63, 3.8) is 0 Å². The molecule has 3 heteroatoms. The molecule has 3 nitrogen and oxygen atoms in total. The van der Waals surface area contributed by atoms with Gasteiger partial charge in [-0.15, -0.1) is 0 Å². The Bertz CT molecular complexity index is 464. The molecule has 2 N–H and O–H groups in total. The molecule has 1 unspecified atom stereocenters. The first-order valence-corrected chi connectivity index (χ1v) is 7.72. The van der Waals surface area contributed by atoms with Crippen LogP contribution in [0.15, 0.2) is 18.2 Å². The Morgan fingerprint density at radius 2 is 2.05 bits per heavy atom. The summed E-state index contributed by atoms with van der Waals surface area (Å²) >= 11 is 0. The number of carbonyl (C=O) groups is 1. The highest BCUT2D eigenvalue weighted by atomic mass is 16.4. The Morgan fingerprint density at radius 1 is 1.35 bits per heavy atom. The van der Waals surface area contributed by atoms with E-state index < -0.39 is 5.97 Å². The fraction of sp³-hybridized carbons (Fsp3) is 0.588. The van der Waals surface area contributed by atoms with Crippen molar-refractivity contribution in [3.8, 4) is 0 Å². The Labute approximate surface area is 121 Å². The third-order valence-electron chi connectivity index (χ3n) is 4.41. The second kappa shape index (κ2) is 6.78. The van der Waals surface area contributed by atoms with E-state index in [1.807, 2.05) is 19.1 Å². The molecule has 110 valence electrons. The van der Waals surface area contributed by atoms with Crippen LogP contribution in [0.25, 0.3) is 0 Å². The van der Waals surface area contributed by atoms with Crippen molar-refractivity contribution in [1.29, 1.82) is 0 Å². The van der Waals surface area contributed by atoms with Gasteiger partial charge in [-0.2, -0.15) is 0 Å². The molecule has 0 aromatic heterocycles. The van der Waals surface area contributed by atoms with Gasteiger partial charge in [0.05, 0.1) is 5.56 Å². The van der Waals surface area contributed by atoms with Gasteiger partial charge in [0.15, 0.2) is 0 Å². The standard InChI is InChI=1S/C17H25NO2/c1-3-15(13-7-5-4-6-8-13)18-16-11-12(2)9-10-14(16)17(19)20/h9-11,13,15,18H,3-8H2,1-2H3,(H,19,20). The van der Waals surface area contributed by atoms with Crippen molar-refractivity contribution in [3.05, 3.63) is 29.3 Å². The van der Waals surface area contributed by atoms with E-state index in [4.69, 9.17) is 0 Å². The minimum absolute atomic E-state index is 0.379. The van der Waals surface area contributed by atoms with E-state index in [1.54, 1.807) is 6.07 Å². The first-order chi connectivity index (χ1) is 9.61. The lowest BCUT2D eigenvalue weighted by molar-refractivity contribution is 0.0698. The number of hydrogen-bond acceptors (Lipinski definition) is 2. The molecule has 0 radical (unpaired) electrons. The lowest BCUT2D eigenvalue weighted by atomic mass is 9.82. The summed E-state index contributed by atoms with van der Waals surface area (Å²) in [6.07, 6.45) is 7.53. The fourth-order valence-electron chi connectivity index (χ4n) is 3.25. The molecule has 0 heterocycles. The van der Waals surface area contributed by atoms with Crippen LogP contribution in [0.4, 0.5) is 5.69 Å². The number of aryl methyl sites for hydroxylation is 1. The van der Waals surface area contributed by atoms with E-state index in [9.17, 15) is 9.90 Å². The third kappa shape index (κ3) is 3.53. The van der Waals surface area contributed by atoms with Gasteiger partial charge < -0.3 is 10.4 Å². The van der Waals surface area contributed by atoms with Crippen molar-refractivity contribution in [2.24, 2.45) is 5.92 Å². The predicted molar refractivity (Wildman–Crippen MR) is 82.4 cm³/mol. The summed E-state index contributed by atoms with van der Waals surface area (Å²) < 4.78 is 0. The van der Waals surface area contributed by atoms with Crippen LogP contribution in [-0.2, 0) is 0 Å². The molecule has 2 rings (SSSR count). The summed E-state index contributed by atoms with van der Waals surface area (Å²) in [5.41, 5.74) is 2.25. The summed E-state index contributed by atoms with van der Waals surface area (Å²) in [6, 6.07) is 5.90. The van der Waals surface area contributed by atoms with Gasteiger partial charge in [0.25, 0.3) is 0 Å². The van der Waals surface area contributed by atoms with Crippen molar-refractivity contribution in [2.75, 3.05) is 5.32 Å². The topological polar surface area (TPSA) is 49.3 Å². The molecule has 1 atom stereocenters. The van der Waals surface area contributed by atoms with Gasteiger partial charge in [-0.1, -0.05) is 32.3 Å². The maximum absolute atomic E-state index is 11.3. The van der Waals surface area contributed by atoms with E-state index in [0.717, 1.165) is 17.7 Å². The summed E-state index contributed by atoms with van der Waals surface area (Å²) in [5.74, 6) is -0.179. The molecule has 0 spiro atoms. The lowest BCUT2D eigenvalue weighted by Gasteiger charge is -2.31. The molecule has 1 aromatic rings. The average Bonchev–Trinajstić information content (AvgIpc) is 2.45. The minimum Gasteiger partial charge on any atom is -0.478 e. The number of nitrogens with one attached hydrogen (secondary N) is 1. The molecule has 0 saturated heterocycles. The Balaban J connectivity index is 2.17. The van der Waals surface area contributed by atoms with Crippen LogP contribution in [0.5, 0.6) is 0 Å². The summed E-state index contributed by atoms with van der Waals surface area (Å²) in [5, 5.41) is 12.8. The first kappa shape index (κ1) is 14.9. The fourth-order valence-corrected chi connectivity index (χ4v) is 3.25. The maximum Gasteiger partial charge on any atom is 0.337 e. The number of hydrogen-bond donors (Lipinski definition) is 2. The number of rotatable bonds is 5. The minimum atomic E-state index is -0.856. The smallest absolute Gasteiger partial charge is 0.337 e. The van der Waals surface area contributed by atoms with Crippen LogP contribution in [0.1, 0.15) is 61.4 Å². The molecule has 0 amide bonds. The second-order valence-electron chi connectivity index (χ2n) is 5.91. The van der Waals surface area contributed by atoms with Crippen LogP contribution in [0, 0.1) is 12.8 Å². The Morgan fingerprint density at radius 3 is 2.65 bits per heavy atom. The van der Waals surface area contributed by atoms with Gasteiger partial charge in [0.2, 0.25) is 0 Å². The predicted octanol–water partition coefficient (Wildman–Crippen LogP) is 4.46. The summed E-state index contributed by atoms with van der Waals surface area (Å²) in [4.78, 5) is 11.3. The zero-order valence-corrected chi connectivity index (χ0v) is 12.5. The zero-order valence-electron chi connectivity index (χ0n) is 12.5. The van der Waals surface area contributed by atoms with Gasteiger partial charge in [-0.05, 0) is 49.8 Å². The lowest BCUT2D eigenvalue weighted by Crippen LogP contribution is -2.30. The Hall–Kier alpha value is -1.51. The van der Waals surface area contributed by atoms with Gasteiger partial charge in [0, 0.05) is 11.7 Å². The highest BCUT2D eigenvalue weighted by Crippen LogP contribution is 2.30. The SMILES string of the molecule is CCC(Nc1cc(C)ccc1C(=O)O)C1CCCCC1. The monoisotopic (exact) mass is 275 g/mol. The molecular formula is C17H25NO2. The molecule has 0 aliphatic heterocycles. The quantitative estimate of drug-likeness (QED) is 0.834. The van der Waals surface area contributed by atoms with E-state index in [1.165, 1.54) is 32.1 Å². The van der Waals surface area contributed by atoms with Crippen molar-refractivity contribution in [1.82, 2.24) is 0 Å². The van der Waals surface area contributed by atoms with Crippen LogP contribution < -0.4 is 5.32 Å². The van der Waals surface area contributed by atoms with Gasteiger partial charge in [0.1, 0.15) is 0 Å². The van der Waals surface area contributed by atoms with Crippen molar-refractivity contribution >= 4 is 11.7 Å². The number of aromatic carboxylic acids is 1. The van der Waals surface area contributed by atoms with Crippen LogP contribution in [-0.4, -0.2) is 17.1 Å². The molecule has 1 saturated carbocycles. The highest BCUT2D eigenvalue weighted by molar-refractivity contribution is 5.94. The van der Waals surface area contributed by atoms with Crippen molar-refractivity contribution in [2.45, 2.75) is 58.4 Å². The number of carboxylic acids is 1. The van der Waals surface area contributed by atoms with E-state index >= 15 is 0 Å². The first-order valence-electron chi connectivity index (χ1n) is 7.72. The summed E-state index contributed by atoms with van der Waals surface area (Å²) in [7, 11) is 0. The van der Waals surface area contributed by atoms with Gasteiger partial charge in [-0.25, -0.2) is 4.79 Å². The van der Waals surface area contributed by atoms with Crippen LogP contribution in [0.2, 0.25) is 0 Å². The molecular weight excluding hydrogens is 250 g/mol. The largest absolute Gasteiger partial charge is 0.478 e. The molecule has 1 aromatic carbocycles. The molecule has 1 aliphatic rings. The normalized spacial score (nSPS) is 17.7. The Kier molecular flexibility index (Phi) is 5.05. The van der Waals surface area contributed by atoms with E-state index in [0.29, 0.717) is 17.5 Å². The third-order valence-corrected chi connectivity index (χ3v) is 4.41.